The van der Waals surface area contributed by atoms with Crippen molar-refractivity contribution in [3.63, 3.8) is 0 Å². The lowest BCUT2D eigenvalue weighted by Crippen LogP contribution is -2.25. The first-order valence-electron chi connectivity index (χ1n) is 6.84. The highest BCUT2D eigenvalue weighted by molar-refractivity contribution is 7.92. The number of aromatic nitrogens is 1. The zero-order valence-electron chi connectivity index (χ0n) is 13.4. The minimum Gasteiger partial charge on any atom is -0.465 e. The van der Waals surface area contributed by atoms with E-state index in [0.29, 0.717) is 17.1 Å². The fourth-order valence-corrected chi connectivity index (χ4v) is 2.54. The van der Waals surface area contributed by atoms with Gasteiger partial charge in [-0.25, -0.2) is 18.2 Å². The molecule has 1 aromatic heterocycles. The van der Waals surface area contributed by atoms with Gasteiger partial charge in [0.1, 0.15) is 5.82 Å². The number of benzene rings is 1. The van der Waals surface area contributed by atoms with Gasteiger partial charge in [-0.05, 0) is 36.8 Å². The lowest BCUT2D eigenvalue weighted by Gasteiger charge is -2.17. The van der Waals surface area contributed by atoms with Crippen LogP contribution in [0.15, 0.2) is 36.4 Å². The molecule has 0 N–H and O–H groups in total. The van der Waals surface area contributed by atoms with Crippen LogP contribution in [-0.2, 0) is 14.8 Å². The third kappa shape index (κ3) is 3.68. The number of carbonyl (C=O) groups excluding carboxylic acids is 1. The Kier molecular flexibility index (Phi) is 4.70. The van der Waals surface area contributed by atoms with E-state index < -0.39 is 16.0 Å². The largest absolute Gasteiger partial charge is 0.465 e. The first-order chi connectivity index (χ1) is 10.7. The van der Waals surface area contributed by atoms with E-state index in [1.165, 1.54) is 14.2 Å². The maximum absolute atomic E-state index is 11.6. The molecular weight excluding hydrogens is 316 g/mol. The lowest BCUT2D eigenvalue weighted by molar-refractivity contribution is 0.0600. The Bertz CT molecular complexity index is 830. The molecule has 1 aromatic carbocycles. The predicted octanol–water partition coefficient (Wildman–Crippen LogP) is 2.24. The molecule has 0 saturated carbocycles. The van der Waals surface area contributed by atoms with E-state index in [-0.39, 0.29) is 0 Å². The quantitative estimate of drug-likeness (QED) is 0.802. The molecule has 122 valence electrons. The van der Waals surface area contributed by atoms with E-state index in [0.717, 1.165) is 21.7 Å². The van der Waals surface area contributed by atoms with Gasteiger partial charge in [0, 0.05) is 18.3 Å². The molecule has 0 spiro atoms. The molecule has 7 heteroatoms. The van der Waals surface area contributed by atoms with Crippen molar-refractivity contribution in [3.05, 3.63) is 47.7 Å². The van der Waals surface area contributed by atoms with Gasteiger partial charge in [0.05, 0.1) is 18.9 Å². The van der Waals surface area contributed by atoms with Crippen molar-refractivity contribution < 1.29 is 17.9 Å². The molecule has 6 nitrogen and oxygen atoms in total. The molecule has 1 heterocycles. The lowest BCUT2D eigenvalue weighted by atomic mass is 10.0. The average molecular weight is 334 g/mol. The van der Waals surface area contributed by atoms with E-state index in [1.807, 2.05) is 13.0 Å². The molecular formula is C16H18N2O4S. The van der Waals surface area contributed by atoms with Crippen molar-refractivity contribution in [1.29, 1.82) is 0 Å². The van der Waals surface area contributed by atoms with E-state index >= 15 is 0 Å². The predicted molar refractivity (Wildman–Crippen MR) is 89.0 cm³/mol. The second-order valence-corrected chi connectivity index (χ2v) is 7.12. The summed E-state index contributed by atoms with van der Waals surface area (Å²) in [5, 5.41) is 0. The van der Waals surface area contributed by atoms with E-state index in [4.69, 9.17) is 0 Å². The van der Waals surface area contributed by atoms with E-state index in [9.17, 15) is 13.2 Å². The van der Waals surface area contributed by atoms with Crippen LogP contribution in [0.3, 0.4) is 0 Å². The minimum atomic E-state index is -3.35. The number of pyridine rings is 1. The fraction of sp³-hybridized carbons (Fsp3) is 0.250. The number of esters is 1. The van der Waals surface area contributed by atoms with Crippen LogP contribution in [0.25, 0.3) is 11.1 Å². The third-order valence-corrected chi connectivity index (χ3v) is 4.69. The van der Waals surface area contributed by atoms with Crippen LogP contribution in [0, 0.1) is 6.92 Å². The highest BCUT2D eigenvalue weighted by Gasteiger charge is 2.15. The van der Waals surface area contributed by atoms with Crippen molar-refractivity contribution >= 4 is 21.8 Å². The Morgan fingerprint density at radius 3 is 2.22 bits per heavy atom. The standard InChI is InChI=1S/C16H18N2O4S/c1-11-14(9-10-15(17-11)18(2)23(4,20)21)12-5-7-13(8-6-12)16(19)22-3/h5-10H,1-4H3. The maximum atomic E-state index is 11.6. The summed E-state index contributed by atoms with van der Waals surface area (Å²) >= 11 is 0. The number of nitrogens with zero attached hydrogens (tertiary/aromatic N) is 2. The number of rotatable bonds is 4. The fourth-order valence-electron chi connectivity index (χ4n) is 2.10. The number of anilines is 1. The Balaban J connectivity index is 2.36. The molecule has 0 aliphatic carbocycles. The average Bonchev–Trinajstić information content (AvgIpc) is 2.52. The van der Waals surface area contributed by atoms with Gasteiger partial charge in [-0.3, -0.25) is 4.31 Å². The van der Waals surface area contributed by atoms with Gasteiger partial charge < -0.3 is 4.74 Å². The molecule has 0 unspecified atom stereocenters. The smallest absolute Gasteiger partial charge is 0.337 e. The normalized spacial score (nSPS) is 11.1. The number of sulfonamides is 1. The van der Waals surface area contributed by atoms with Crippen molar-refractivity contribution in [2.45, 2.75) is 6.92 Å². The Labute approximate surface area is 135 Å². The van der Waals surface area contributed by atoms with Crippen LogP contribution in [0.4, 0.5) is 5.82 Å². The highest BCUT2D eigenvalue weighted by Crippen LogP contribution is 2.25. The first-order valence-corrected chi connectivity index (χ1v) is 8.69. The summed E-state index contributed by atoms with van der Waals surface area (Å²) in [5.41, 5.74) is 2.92. The van der Waals surface area contributed by atoms with Crippen LogP contribution in [0.2, 0.25) is 0 Å². The number of aryl methyl sites for hydroxylation is 1. The van der Waals surface area contributed by atoms with Gasteiger partial charge in [0.15, 0.2) is 0 Å². The molecule has 2 rings (SSSR count). The maximum Gasteiger partial charge on any atom is 0.337 e. The molecule has 0 aliphatic heterocycles. The second kappa shape index (κ2) is 6.37. The number of carbonyl (C=O) groups is 1. The van der Waals surface area contributed by atoms with E-state index in [1.54, 1.807) is 30.3 Å². The molecule has 0 radical (unpaired) electrons. The third-order valence-electron chi connectivity index (χ3n) is 3.51. The van der Waals surface area contributed by atoms with Crippen molar-refractivity contribution in [2.24, 2.45) is 0 Å². The van der Waals surface area contributed by atoms with Crippen molar-refractivity contribution in [2.75, 3.05) is 24.7 Å². The van der Waals surface area contributed by atoms with Gasteiger partial charge in [-0.15, -0.1) is 0 Å². The summed E-state index contributed by atoms with van der Waals surface area (Å²) < 4.78 is 28.9. The van der Waals surface area contributed by atoms with Crippen LogP contribution in [0.1, 0.15) is 16.1 Å². The van der Waals surface area contributed by atoms with Gasteiger partial charge in [-0.1, -0.05) is 12.1 Å². The second-order valence-electron chi connectivity index (χ2n) is 5.10. The Morgan fingerprint density at radius 2 is 1.74 bits per heavy atom. The summed E-state index contributed by atoms with van der Waals surface area (Å²) in [7, 11) is -0.554. The number of hydrogen-bond donors (Lipinski definition) is 0. The summed E-state index contributed by atoms with van der Waals surface area (Å²) in [5.74, 6) is -0.0311. The van der Waals surface area contributed by atoms with Crippen LogP contribution < -0.4 is 4.31 Å². The molecule has 0 fully saturated rings. The Hall–Kier alpha value is -2.41. The summed E-state index contributed by atoms with van der Waals surface area (Å²) in [6.07, 6.45) is 1.13. The molecule has 0 bridgehead atoms. The summed E-state index contributed by atoms with van der Waals surface area (Å²) in [6, 6.07) is 10.4. The van der Waals surface area contributed by atoms with E-state index in [2.05, 4.69) is 9.72 Å². The molecule has 23 heavy (non-hydrogen) atoms. The zero-order chi connectivity index (χ0) is 17.2. The number of hydrogen-bond acceptors (Lipinski definition) is 5. The van der Waals surface area contributed by atoms with Gasteiger partial charge >= 0.3 is 5.97 Å². The monoisotopic (exact) mass is 334 g/mol. The zero-order valence-corrected chi connectivity index (χ0v) is 14.2. The molecule has 0 saturated heterocycles. The van der Waals surface area contributed by atoms with Crippen LogP contribution in [0.5, 0.6) is 0 Å². The Morgan fingerprint density at radius 1 is 1.13 bits per heavy atom. The molecule has 0 atom stereocenters. The minimum absolute atomic E-state index is 0.361. The summed E-state index contributed by atoms with van der Waals surface area (Å²) in [6.45, 7) is 1.81. The molecule has 0 amide bonds. The summed E-state index contributed by atoms with van der Waals surface area (Å²) in [4.78, 5) is 15.8. The first kappa shape index (κ1) is 17.0. The molecule has 0 aliphatic rings. The van der Waals surface area contributed by atoms with Crippen LogP contribution >= 0.6 is 0 Å². The highest BCUT2D eigenvalue weighted by atomic mass is 32.2. The van der Waals surface area contributed by atoms with Crippen molar-refractivity contribution in [1.82, 2.24) is 4.98 Å². The SMILES string of the molecule is COC(=O)c1ccc(-c2ccc(N(C)S(C)(=O)=O)nc2C)cc1. The molecule has 2 aromatic rings. The topological polar surface area (TPSA) is 76.6 Å². The van der Waals surface area contributed by atoms with Gasteiger partial charge in [0.2, 0.25) is 10.0 Å². The van der Waals surface area contributed by atoms with Gasteiger partial charge in [-0.2, -0.15) is 0 Å². The van der Waals surface area contributed by atoms with Gasteiger partial charge in [0.25, 0.3) is 0 Å². The number of ether oxygens (including phenoxy) is 1. The van der Waals surface area contributed by atoms with Crippen molar-refractivity contribution in [3.8, 4) is 11.1 Å². The number of methoxy groups -OCH3 is 1. The van der Waals surface area contributed by atoms with Crippen LogP contribution in [-0.4, -0.2) is 39.8 Å².